The van der Waals surface area contributed by atoms with Crippen LogP contribution in [0.3, 0.4) is 0 Å². The van der Waals surface area contributed by atoms with Crippen LogP contribution in [-0.4, -0.2) is 12.3 Å². The Balaban J connectivity index is 2.41. The predicted molar refractivity (Wildman–Crippen MR) is 49.3 cm³/mol. The summed E-state index contributed by atoms with van der Waals surface area (Å²) in [7, 11) is 1.61. The number of nitrogens with two attached hydrogens (primary N) is 1. The molecule has 0 radical (unpaired) electrons. The van der Waals surface area contributed by atoms with Crippen LogP contribution in [0.5, 0.6) is 0 Å². The highest BCUT2D eigenvalue weighted by Crippen LogP contribution is 2.29. The Labute approximate surface area is 80.4 Å². The number of nitrogens with zero attached hydrogens (tertiary/aromatic N) is 1. The smallest absolute Gasteiger partial charge is 0.225 e. The Morgan fingerprint density at radius 2 is 2.36 bits per heavy atom. The fourth-order valence-electron chi connectivity index (χ4n) is 1.22. The lowest BCUT2D eigenvalue weighted by Crippen LogP contribution is -1.89. The lowest BCUT2D eigenvalue weighted by molar-refractivity contribution is 0.184. The maximum absolute atomic E-state index is 5.64. The van der Waals surface area contributed by atoms with Gasteiger partial charge in [0, 0.05) is 12.7 Å². The molecule has 0 saturated carbocycles. The van der Waals surface area contributed by atoms with Gasteiger partial charge in [-0.05, 0) is 6.07 Å². The number of rotatable bonds is 3. The molecule has 2 heterocycles. The lowest BCUT2D eigenvalue weighted by Gasteiger charge is -1.97. The van der Waals surface area contributed by atoms with Crippen molar-refractivity contribution in [2.45, 2.75) is 6.61 Å². The topological polar surface area (TPSA) is 74.4 Å². The average Bonchev–Trinajstić information content (AvgIpc) is 2.74. The van der Waals surface area contributed by atoms with Crippen LogP contribution in [0.15, 0.2) is 27.5 Å². The van der Waals surface area contributed by atoms with E-state index in [0.29, 0.717) is 23.8 Å². The van der Waals surface area contributed by atoms with Crippen LogP contribution in [0.4, 0.5) is 5.69 Å². The molecule has 0 atom stereocenters. The second-order valence-corrected chi connectivity index (χ2v) is 2.82. The van der Waals surface area contributed by atoms with Gasteiger partial charge >= 0.3 is 0 Å². The quantitative estimate of drug-likeness (QED) is 0.804. The van der Waals surface area contributed by atoms with E-state index < -0.39 is 0 Å². The number of furan rings is 1. The Morgan fingerprint density at radius 1 is 1.50 bits per heavy atom. The number of hydrogen-bond donors (Lipinski definition) is 1. The first-order chi connectivity index (χ1) is 6.83. The highest BCUT2D eigenvalue weighted by Gasteiger charge is 2.15. The van der Waals surface area contributed by atoms with E-state index in [-0.39, 0.29) is 0 Å². The first kappa shape index (κ1) is 8.83. The van der Waals surface area contributed by atoms with Gasteiger partial charge in [-0.25, -0.2) is 0 Å². The SMILES string of the molecule is COCc1ccoc1-c1oncc1N. The zero-order chi connectivity index (χ0) is 9.97. The van der Waals surface area contributed by atoms with Gasteiger partial charge in [-0.2, -0.15) is 0 Å². The maximum atomic E-state index is 5.64. The maximum Gasteiger partial charge on any atom is 0.225 e. The summed E-state index contributed by atoms with van der Waals surface area (Å²) in [4.78, 5) is 0. The van der Waals surface area contributed by atoms with Crippen LogP contribution in [0.2, 0.25) is 0 Å². The molecule has 0 aliphatic heterocycles. The molecule has 2 rings (SSSR count). The number of aromatic nitrogens is 1. The Hall–Kier alpha value is -1.75. The summed E-state index contributed by atoms with van der Waals surface area (Å²) >= 11 is 0. The minimum absolute atomic E-state index is 0.446. The van der Waals surface area contributed by atoms with Crippen molar-refractivity contribution in [3.63, 3.8) is 0 Å². The third kappa shape index (κ3) is 1.38. The first-order valence-electron chi connectivity index (χ1n) is 4.08. The van der Waals surface area contributed by atoms with Crippen LogP contribution < -0.4 is 5.73 Å². The van der Waals surface area contributed by atoms with Gasteiger partial charge in [-0.3, -0.25) is 0 Å². The van der Waals surface area contributed by atoms with Crippen molar-refractivity contribution < 1.29 is 13.7 Å². The van der Waals surface area contributed by atoms with Gasteiger partial charge in [0.1, 0.15) is 5.69 Å². The molecular formula is C9H10N2O3. The fourth-order valence-corrected chi connectivity index (χ4v) is 1.22. The normalized spacial score (nSPS) is 10.6. The summed E-state index contributed by atoms with van der Waals surface area (Å²) < 4.78 is 15.2. The molecule has 0 unspecified atom stereocenters. The molecule has 0 fully saturated rings. The number of hydrogen-bond acceptors (Lipinski definition) is 5. The molecular weight excluding hydrogens is 184 g/mol. The molecule has 0 bridgehead atoms. The van der Waals surface area contributed by atoms with Crippen molar-refractivity contribution in [1.82, 2.24) is 5.16 Å². The molecule has 0 amide bonds. The summed E-state index contributed by atoms with van der Waals surface area (Å²) in [6.45, 7) is 0.450. The van der Waals surface area contributed by atoms with Crippen molar-refractivity contribution in [3.05, 3.63) is 24.1 Å². The van der Waals surface area contributed by atoms with E-state index in [0.717, 1.165) is 5.56 Å². The van der Waals surface area contributed by atoms with Gasteiger partial charge in [0.25, 0.3) is 0 Å². The van der Waals surface area contributed by atoms with Crippen molar-refractivity contribution in [2.24, 2.45) is 0 Å². The summed E-state index contributed by atoms with van der Waals surface area (Å²) in [6.07, 6.45) is 3.00. The number of anilines is 1. The molecule has 0 spiro atoms. The van der Waals surface area contributed by atoms with E-state index in [4.69, 9.17) is 19.4 Å². The monoisotopic (exact) mass is 194 g/mol. The summed E-state index contributed by atoms with van der Waals surface area (Å²) in [5, 5.41) is 3.58. The van der Waals surface area contributed by atoms with Gasteiger partial charge in [0.2, 0.25) is 5.76 Å². The number of methoxy groups -OCH3 is 1. The first-order valence-corrected chi connectivity index (χ1v) is 4.08. The minimum Gasteiger partial charge on any atom is -0.460 e. The molecule has 0 aliphatic carbocycles. The highest BCUT2D eigenvalue weighted by atomic mass is 16.5. The lowest BCUT2D eigenvalue weighted by atomic mass is 10.2. The van der Waals surface area contributed by atoms with Crippen LogP contribution in [-0.2, 0) is 11.3 Å². The molecule has 5 heteroatoms. The second kappa shape index (κ2) is 3.55. The van der Waals surface area contributed by atoms with Gasteiger partial charge < -0.3 is 19.4 Å². The van der Waals surface area contributed by atoms with Crippen LogP contribution in [0.25, 0.3) is 11.5 Å². The Kier molecular flexibility index (Phi) is 2.24. The van der Waals surface area contributed by atoms with Crippen LogP contribution >= 0.6 is 0 Å². The molecule has 5 nitrogen and oxygen atoms in total. The third-order valence-corrected chi connectivity index (χ3v) is 1.85. The van der Waals surface area contributed by atoms with Crippen molar-refractivity contribution in [1.29, 1.82) is 0 Å². The number of ether oxygens (including phenoxy) is 1. The Bertz CT molecular complexity index is 419. The molecule has 2 N–H and O–H groups in total. The van der Waals surface area contributed by atoms with Gasteiger partial charge in [0.15, 0.2) is 5.76 Å². The average molecular weight is 194 g/mol. The zero-order valence-electron chi connectivity index (χ0n) is 7.69. The minimum atomic E-state index is 0.446. The molecule has 2 aromatic heterocycles. The second-order valence-electron chi connectivity index (χ2n) is 2.82. The Morgan fingerprint density at radius 3 is 3.00 bits per heavy atom. The number of nitrogen functional groups attached to an aromatic ring is 1. The fraction of sp³-hybridized carbons (Fsp3) is 0.222. The summed E-state index contributed by atoms with van der Waals surface area (Å²) in [5.41, 5.74) is 6.98. The van der Waals surface area contributed by atoms with Crippen molar-refractivity contribution >= 4 is 5.69 Å². The third-order valence-electron chi connectivity index (χ3n) is 1.85. The van der Waals surface area contributed by atoms with Crippen LogP contribution in [0.1, 0.15) is 5.56 Å². The van der Waals surface area contributed by atoms with E-state index in [1.807, 2.05) is 0 Å². The van der Waals surface area contributed by atoms with Crippen molar-refractivity contribution in [2.75, 3.05) is 12.8 Å². The molecule has 0 aliphatic rings. The molecule has 0 aromatic carbocycles. The van der Waals surface area contributed by atoms with E-state index >= 15 is 0 Å². The van der Waals surface area contributed by atoms with Crippen molar-refractivity contribution in [3.8, 4) is 11.5 Å². The van der Waals surface area contributed by atoms with Gasteiger partial charge in [-0.1, -0.05) is 5.16 Å². The predicted octanol–water partition coefficient (Wildman–Crippen LogP) is 1.66. The van der Waals surface area contributed by atoms with Gasteiger partial charge in [0.05, 0.1) is 19.1 Å². The molecule has 0 saturated heterocycles. The van der Waals surface area contributed by atoms with E-state index in [1.54, 1.807) is 19.4 Å². The largest absolute Gasteiger partial charge is 0.460 e. The van der Waals surface area contributed by atoms with E-state index in [9.17, 15) is 0 Å². The molecule has 2 aromatic rings. The van der Waals surface area contributed by atoms with Gasteiger partial charge in [-0.15, -0.1) is 0 Å². The van der Waals surface area contributed by atoms with E-state index in [1.165, 1.54) is 6.20 Å². The highest BCUT2D eigenvalue weighted by molar-refractivity contribution is 5.68. The summed E-state index contributed by atoms with van der Waals surface area (Å²) in [5.74, 6) is 1.02. The van der Waals surface area contributed by atoms with Crippen LogP contribution in [0, 0.1) is 0 Å². The molecule has 14 heavy (non-hydrogen) atoms. The summed E-state index contributed by atoms with van der Waals surface area (Å²) in [6, 6.07) is 1.81. The molecule has 74 valence electrons. The van der Waals surface area contributed by atoms with E-state index in [2.05, 4.69) is 5.16 Å². The standard InChI is InChI=1S/C9H10N2O3/c1-12-5-6-2-3-13-8(6)9-7(10)4-11-14-9/h2-4H,5,10H2,1H3. The zero-order valence-corrected chi connectivity index (χ0v) is 7.69.